The van der Waals surface area contributed by atoms with Crippen molar-refractivity contribution in [1.82, 2.24) is 0 Å². The predicted octanol–water partition coefficient (Wildman–Crippen LogP) is 3.44. The van der Waals surface area contributed by atoms with E-state index in [0.717, 1.165) is 14.0 Å². The summed E-state index contributed by atoms with van der Waals surface area (Å²) in [6.07, 6.45) is -0.709. The molecule has 1 aromatic carbocycles. The fourth-order valence-electron chi connectivity index (χ4n) is 1.22. The second-order valence-electron chi connectivity index (χ2n) is 3.20. The highest BCUT2D eigenvalue weighted by molar-refractivity contribution is 14.1. The fourth-order valence-corrected chi connectivity index (χ4v) is 2.16. The van der Waals surface area contributed by atoms with Crippen molar-refractivity contribution in [1.29, 1.82) is 0 Å². The Labute approximate surface area is 112 Å². The van der Waals surface area contributed by atoms with Crippen LogP contribution in [0.25, 0.3) is 0 Å². The summed E-state index contributed by atoms with van der Waals surface area (Å²) < 4.78 is 1.15. The zero-order chi connectivity index (χ0) is 11.4. The predicted molar refractivity (Wildman–Crippen MR) is 75.3 cm³/mol. The molecule has 0 amide bonds. The maximum atomic E-state index is 9.84. The van der Waals surface area contributed by atoms with Crippen molar-refractivity contribution in [3.8, 4) is 11.8 Å². The molecule has 3 heteroatoms. The van der Waals surface area contributed by atoms with Gasteiger partial charge in [-0.2, -0.15) is 0 Å². The first-order valence-electron chi connectivity index (χ1n) is 4.74. The summed E-state index contributed by atoms with van der Waals surface area (Å²) in [6.45, 7) is 0. The molecule has 1 aromatic heterocycles. The van der Waals surface area contributed by atoms with E-state index in [9.17, 15) is 5.11 Å². The van der Waals surface area contributed by atoms with Crippen LogP contribution in [0.3, 0.4) is 0 Å². The third-order valence-corrected chi connectivity index (χ3v) is 3.54. The molecule has 0 aliphatic heterocycles. The van der Waals surface area contributed by atoms with E-state index in [-0.39, 0.29) is 0 Å². The average molecular weight is 340 g/mol. The lowest BCUT2D eigenvalue weighted by Crippen LogP contribution is -1.93. The maximum absolute atomic E-state index is 9.84. The van der Waals surface area contributed by atoms with Crippen LogP contribution < -0.4 is 0 Å². The minimum Gasteiger partial charge on any atom is -0.376 e. The molecular weight excluding hydrogens is 331 g/mol. The monoisotopic (exact) mass is 340 g/mol. The van der Waals surface area contributed by atoms with E-state index in [1.165, 1.54) is 0 Å². The smallest absolute Gasteiger partial charge is 0.140 e. The maximum Gasteiger partial charge on any atom is 0.140 e. The van der Waals surface area contributed by atoms with Crippen LogP contribution in [0.1, 0.15) is 16.5 Å². The van der Waals surface area contributed by atoms with Gasteiger partial charge in [-0.3, -0.25) is 0 Å². The molecule has 1 heterocycles. The SMILES string of the molecule is OC(C#Cc1cccs1)c1ccc(I)cc1. The molecule has 1 atom stereocenters. The first kappa shape index (κ1) is 11.6. The molecule has 1 N–H and O–H groups in total. The van der Waals surface area contributed by atoms with Gasteiger partial charge in [0.05, 0.1) is 4.88 Å². The Bertz CT molecular complexity index is 505. The molecule has 16 heavy (non-hydrogen) atoms. The van der Waals surface area contributed by atoms with Crippen molar-refractivity contribution >= 4 is 33.9 Å². The van der Waals surface area contributed by atoms with Gasteiger partial charge in [0.1, 0.15) is 6.10 Å². The third-order valence-electron chi connectivity index (χ3n) is 2.04. The van der Waals surface area contributed by atoms with Crippen molar-refractivity contribution in [3.63, 3.8) is 0 Å². The Morgan fingerprint density at radius 1 is 1.19 bits per heavy atom. The van der Waals surface area contributed by atoms with Gasteiger partial charge in [-0.05, 0) is 51.7 Å². The largest absolute Gasteiger partial charge is 0.376 e. The molecule has 80 valence electrons. The Kier molecular flexibility index (Phi) is 3.99. The van der Waals surface area contributed by atoms with Crippen molar-refractivity contribution < 1.29 is 5.11 Å². The van der Waals surface area contributed by atoms with Gasteiger partial charge >= 0.3 is 0 Å². The van der Waals surface area contributed by atoms with E-state index in [1.54, 1.807) is 11.3 Å². The number of rotatable bonds is 1. The lowest BCUT2D eigenvalue weighted by molar-refractivity contribution is 0.238. The molecule has 0 saturated heterocycles. The van der Waals surface area contributed by atoms with Gasteiger partial charge in [0.2, 0.25) is 0 Å². The van der Waals surface area contributed by atoms with Crippen LogP contribution in [0.2, 0.25) is 0 Å². The summed E-state index contributed by atoms with van der Waals surface area (Å²) in [5, 5.41) is 11.8. The van der Waals surface area contributed by atoms with Crippen LogP contribution in [0.4, 0.5) is 0 Å². The number of hydrogen-bond acceptors (Lipinski definition) is 2. The number of halogens is 1. The Morgan fingerprint density at radius 3 is 2.56 bits per heavy atom. The summed E-state index contributed by atoms with van der Waals surface area (Å²) in [5.41, 5.74) is 0.837. The number of thiophene rings is 1. The van der Waals surface area contributed by atoms with Crippen LogP contribution in [-0.4, -0.2) is 5.11 Å². The molecule has 2 aromatic rings. The van der Waals surface area contributed by atoms with E-state index in [4.69, 9.17) is 0 Å². The lowest BCUT2D eigenvalue weighted by atomic mass is 10.1. The molecule has 1 nitrogen and oxygen atoms in total. The average Bonchev–Trinajstić information content (AvgIpc) is 2.80. The number of benzene rings is 1. The van der Waals surface area contributed by atoms with E-state index >= 15 is 0 Å². The van der Waals surface area contributed by atoms with Gasteiger partial charge in [0, 0.05) is 3.57 Å². The van der Waals surface area contributed by atoms with Crippen molar-refractivity contribution in [2.75, 3.05) is 0 Å². The Morgan fingerprint density at radius 2 is 1.94 bits per heavy atom. The summed E-state index contributed by atoms with van der Waals surface area (Å²) in [5.74, 6) is 5.79. The first-order chi connectivity index (χ1) is 7.75. The number of aliphatic hydroxyl groups excluding tert-OH is 1. The van der Waals surface area contributed by atoms with Crippen LogP contribution in [0, 0.1) is 15.4 Å². The van der Waals surface area contributed by atoms with Crippen LogP contribution in [0.5, 0.6) is 0 Å². The molecule has 0 saturated carbocycles. The molecule has 0 radical (unpaired) electrons. The topological polar surface area (TPSA) is 20.2 Å². The molecule has 0 aliphatic carbocycles. The van der Waals surface area contributed by atoms with Crippen molar-refractivity contribution in [2.45, 2.75) is 6.10 Å². The van der Waals surface area contributed by atoms with Gasteiger partial charge in [-0.1, -0.05) is 30.0 Å². The minimum atomic E-state index is -0.709. The molecule has 2 rings (SSSR count). The highest BCUT2D eigenvalue weighted by Gasteiger charge is 2.02. The Balaban J connectivity index is 2.14. The van der Waals surface area contributed by atoms with E-state index in [0.29, 0.717) is 0 Å². The zero-order valence-electron chi connectivity index (χ0n) is 8.35. The second-order valence-corrected chi connectivity index (χ2v) is 5.39. The second kappa shape index (κ2) is 5.48. The number of hydrogen-bond donors (Lipinski definition) is 1. The zero-order valence-corrected chi connectivity index (χ0v) is 11.3. The van der Waals surface area contributed by atoms with Gasteiger partial charge in [0.15, 0.2) is 0 Å². The molecule has 0 aliphatic rings. The first-order valence-corrected chi connectivity index (χ1v) is 6.70. The van der Waals surface area contributed by atoms with E-state index in [2.05, 4.69) is 34.4 Å². The van der Waals surface area contributed by atoms with Gasteiger partial charge in [-0.15, -0.1) is 11.3 Å². The van der Waals surface area contributed by atoms with Crippen LogP contribution in [0.15, 0.2) is 41.8 Å². The fraction of sp³-hybridized carbons (Fsp3) is 0.0769. The normalized spacial score (nSPS) is 11.6. The molecule has 0 fully saturated rings. The summed E-state index contributed by atoms with van der Waals surface area (Å²) in [7, 11) is 0. The van der Waals surface area contributed by atoms with Crippen LogP contribution in [-0.2, 0) is 0 Å². The minimum absolute atomic E-state index is 0.709. The molecule has 1 unspecified atom stereocenters. The summed E-state index contributed by atoms with van der Waals surface area (Å²) >= 11 is 3.81. The highest BCUT2D eigenvalue weighted by Crippen LogP contribution is 2.14. The lowest BCUT2D eigenvalue weighted by Gasteiger charge is -2.02. The molecular formula is C13H9IOS. The summed E-state index contributed by atoms with van der Waals surface area (Å²) in [4.78, 5) is 0.976. The summed E-state index contributed by atoms with van der Waals surface area (Å²) in [6, 6.07) is 11.6. The third kappa shape index (κ3) is 3.08. The van der Waals surface area contributed by atoms with Crippen molar-refractivity contribution in [2.24, 2.45) is 0 Å². The van der Waals surface area contributed by atoms with Crippen molar-refractivity contribution in [3.05, 3.63) is 55.8 Å². The highest BCUT2D eigenvalue weighted by atomic mass is 127. The quantitative estimate of drug-likeness (QED) is 0.623. The van der Waals surface area contributed by atoms with Gasteiger partial charge < -0.3 is 5.11 Å². The Hall–Kier alpha value is -0.830. The number of aliphatic hydroxyl groups is 1. The van der Waals surface area contributed by atoms with Gasteiger partial charge in [0.25, 0.3) is 0 Å². The van der Waals surface area contributed by atoms with E-state index < -0.39 is 6.10 Å². The van der Waals surface area contributed by atoms with E-state index in [1.807, 2.05) is 41.8 Å². The van der Waals surface area contributed by atoms with Gasteiger partial charge in [-0.25, -0.2) is 0 Å². The standard InChI is InChI=1S/C13H9IOS/c14-11-5-3-10(4-6-11)13(15)8-7-12-2-1-9-16-12/h1-6,9,13,15H. The molecule has 0 bridgehead atoms. The molecule has 0 spiro atoms. The van der Waals surface area contributed by atoms with Crippen LogP contribution >= 0.6 is 33.9 Å².